The van der Waals surface area contributed by atoms with Crippen LogP contribution in [0.2, 0.25) is 0 Å². The second kappa shape index (κ2) is 6.32. The van der Waals surface area contributed by atoms with Crippen molar-refractivity contribution in [3.63, 3.8) is 0 Å². The maximum atomic E-state index is 13.0. The molecule has 2 fully saturated rings. The Morgan fingerprint density at radius 1 is 1.40 bits per heavy atom. The highest BCUT2D eigenvalue weighted by atomic mass is 16.6. The van der Waals surface area contributed by atoms with Crippen LogP contribution in [0, 0.1) is 5.41 Å². The lowest BCUT2D eigenvalue weighted by Gasteiger charge is -2.42. The van der Waals surface area contributed by atoms with Crippen molar-refractivity contribution in [2.75, 3.05) is 26.7 Å². The molecule has 6 nitrogen and oxygen atoms in total. The zero-order valence-corrected chi connectivity index (χ0v) is 15.5. The Morgan fingerprint density at radius 3 is 2.80 bits per heavy atom. The molecular weight excluding hydrogens is 318 g/mol. The summed E-state index contributed by atoms with van der Waals surface area (Å²) >= 11 is 0. The van der Waals surface area contributed by atoms with Crippen LogP contribution in [0.4, 0.5) is 4.79 Å². The molecule has 2 aliphatic heterocycles. The Kier molecular flexibility index (Phi) is 4.47. The Labute approximate surface area is 149 Å². The van der Waals surface area contributed by atoms with Crippen LogP contribution >= 0.6 is 0 Å². The second-order valence-electron chi connectivity index (χ2n) is 8.19. The molecule has 2 unspecified atom stereocenters. The van der Waals surface area contributed by atoms with E-state index in [4.69, 9.17) is 4.74 Å². The van der Waals surface area contributed by atoms with E-state index in [1.807, 2.05) is 46.1 Å². The molecule has 0 bridgehead atoms. The van der Waals surface area contributed by atoms with Gasteiger partial charge in [0.15, 0.2) is 0 Å². The lowest BCUT2D eigenvalue weighted by Crippen LogP contribution is -2.52. The number of rotatable bonds is 1. The van der Waals surface area contributed by atoms with Gasteiger partial charge < -0.3 is 14.5 Å². The molecule has 0 aliphatic carbocycles. The number of likely N-dealkylation sites (N-methyl/N-ethyl adjacent to an activating group) is 1. The summed E-state index contributed by atoms with van der Waals surface area (Å²) in [5.41, 5.74) is -0.0559. The van der Waals surface area contributed by atoms with Gasteiger partial charge in [-0.1, -0.05) is 6.07 Å². The minimum absolute atomic E-state index is 0.0453. The van der Waals surface area contributed by atoms with Gasteiger partial charge in [0.05, 0.1) is 5.41 Å². The van der Waals surface area contributed by atoms with Crippen molar-refractivity contribution in [3.05, 3.63) is 30.1 Å². The molecule has 3 rings (SSSR count). The van der Waals surface area contributed by atoms with Crippen molar-refractivity contribution in [2.45, 2.75) is 45.1 Å². The second-order valence-corrected chi connectivity index (χ2v) is 8.19. The van der Waals surface area contributed by atoms with E-state index < -0.39 is 11.0 Å². The zero-order valence-electron chi connectivity index (χ0n) is 15.5. The van der Waals surface area contributed by atoms with Gasteiger partial charge in [-0.3, -0.25) is 9.78 Å². The van der Waals surface area contributed by atoms with Gasteiger partial charge in [-0.25, -0.2) is 4.79 Å². The maximum absolute atomic E-state index is 13.0. The van der Waals surface area contributed by atoms with E-state index in [1.165, 1.54) is 0 Å². The summed E-state index contributed by atoms with van der Waals surface area (Å²) in [4.78, 5) is 33.3. The van der Waals surface area contributed by atoms with Crippen molar-refractivity contribution in [1.82, 2.24) is 14.8 Å². The van der Waals surface area contributed by atoms with Gasteiger partial charge >= 0.3 is 6.09 Å². The molecule has 0 radical (unpaired) electrons. The van der Waals surface area contributed by atoms with Gasteiger partial charge in [0.1, 0.15) is 5.60 Å². The summed E-state index contributed by atoms with van der Waals surface area (Å²) in [6.45, 7) is 7.28. The standard InChI is InChI=1S/C19H27N3O3/c1-18(2,3)25-17(24)22-10-6-8-19(13-22)15(12-21(4)16(19)23)14-7-5-9-20-11-14/h5,7,9,11,15H,6,8,10,12-13H2,1-4H3. The van der Waals surface area contributed by atoms with Gasteiger partial charge in [-0.05, 0) is 45.2 Å². The fourth-order valence-electron chi connectivity index (χ4n) is 4.09. The number of likely N-dealkylation sites (tertiary alicyclic amines) is 2. The molecule has 2 aliphatic rings. The number of carbonyl (C=O) groups excluding carboxylic acids is 2. The molecule has 0 saturated carbocycles. The van der Waals surface area contributed by atoms with E-state index in [-0.39, 0.29) is 17.9 Å². The summed E-state index contributed by atoms with van der Waals surface area (Å²) < 4.78 is 5.53. The number of ether oxygens (including phenoxy) is 1. The molecule has 2 atom stereocenters. The lowest BCUT2D eigenvalue weighted by molar-refractivity contribution is -0.137. The van der Waals surface area contributed by atoms with E-state index in [0.717, 1.165) is 18.4 Å². The molecule has 1 aromatic heterocycles. The Hall–Kier alpha value is -2.11. The fourth-order valence-corrected chi connectivity index (χ4v) is 4.09. The van der Waals surface area contributed by atoms with Crippen LogP contribution in [-0.4, -0.2) is 59.1 Å². The normalized spacial score (nSPS) is 27.0. The highest BCUT2D eigenvalue weighted by Crippen LogP contribution is 2.49. The number of nitrogens with zero attached hydrogens (tertiary/aromatic N) is 3. The number of carbonyl (C=O) groups is 2. The predicted octanol–water partition coefficient (Wildman–Crippen LogP) is 2.65. The summed E-state index contributed by atoms with van der Waals surface area (Å²) in [6, 6.07) is 3.93. The smallest absolute Gasteiger partial charge is 0.410 e. The highest BCUT2D eigenvalue weighted by Gasteiger charge is 2.55. The minimum atomic E-state index is -0.576. The summed E-state index contributed by atoms with van der Waals surface area (Å²) in [7, 11) is 1.84. The first-order valence-corrected chi connectivity index (χ1v) is 8.86. The fraction of sp³-hybridized carbons (Fsp3) is 0.632. The van der Waals surface area contributed by atoms with Gasteiger partial charge in [0.25, 0.3) is 0 Å². The maximum Gasteiger partial charge on any atom is 0.410 e. The van der Waals surface area contributed by atoms with E-state index in [9.17, 15) is 9.59 Å². The molecule has 2 saturated heterocycles. The van der Waals surface area contributed by atoms with Crippen molar-refractivity contribution >= 4 is 12.0 Å². The molecule has 0 N–H and O–H groups in total. The SMILES string of the molecule is CN1CC(c2cccnc2)C2(CCCN(C(=O)OC(C)(C)C)C2)C1=O. The average molecular weight is 345 g/mol. The van der Waals surface area contributed by atoms with Crippen molar-refractivity contribution in [3.8, 4) is 0 Å². The average Bonchev–Trinajstić information content (AvgIpc) is 2.79. The number of hydrogen-bond acceptors (Lipinski definition) is 4. The third-order valence-corrected chi connectivity index (χ3v) is 5.16. The molecule has 6 heteroatoms. The molecule has 3 heterocycles. The molecule has 1 aromatic rings. The van der Waals surface area contributed by atoms with Crippen molar-refractivity contribution in [1.29, 1.82) is 0 Å². The van der Waals surface area contributed by atoms with Gasteiger partial charge in [0, 0.05) is 45.0 Å². The van der Waals surface area contributed by atoms with Crippen LogP contribution in [-0.2, 0) is 9.53 Å². The summed E-state index contributed by atoms with van der Waals surface area (Å²) in [5, 5.41) is 0. The van der Waals surface area contributed by atoms with E-state index in [1.54, 1.807) is 16.0 Å². The first-order chi connectivity index (χ1) is 11.7. The molecular formula is C19H27N3O3. The first kappa shape index (κ1) is 17.7. The van der Waals surface area contributed by atoms with Gasteiger partial charge in [0.2, 0.25) is 5.91 Å². The topological polar surface area (TPSA) is 62.7 Å². The molecule has 2 amide bonds. The molecule has 136 valence electrons. The van der Waals surface area contributed by atoms with Crippen LogP contribution in [0.5, 0.6) is 0 Å². The van der Waals surface area contributed by atoms with E-state index in [2.05, 4.69) is 4.98 Å². The van der Waals surface area contributed by atoms with E-state index >= 15 is 0 Å². The van der Waals surface area contributed by atoms with Crippen LogP contribution in [0.25, 0.3) is 0 Å². The van der Waals surface area contributed by atoms with Gasteiger partial charge in [-0.15, -0.1) is 0 Å². The highest BCUT2D eigenvalue weighted by molar-refractivity contribution is 5.87. The van der Waals surface area contributed by atoms with Crippen LogP contribution in [0.3, 0.4) is 0 Å². The van der Waals surface area contributed by atoms with Crippen LogP contribution < -0.4 is 0 Å². The molecule has 0 aromatic carbocycles. The third-order valence-electron chi connectivity index (χ3n) is 5.16. The Balaban J connectivity index is 1.89. The zero-order chi connectivity index (χ0) is 18.2. The van der Waals surface area contributed by atoms with Crippen LogP contribution in [0.15, 0.2) is 24.5 Å². The number of aromatic nitrogens is 1. The number of hydrogen-bond donors (Lipinski definition) is 0. The Morgan fingerprint density at radius 2 is 2.16 bits per heavy atom. The minimum Gasteiger partial charge on any atom is -0.444 e. The summed E-state index contributed by atoms with van der Waals surface area (Å²) in [6.07, 6.45) is 4.83. The number of pyridine rings is 1. The van der Waals surface area contributed by atoms with E-state index in [0.29, 0.717) is 19.6 Å². The van der Waals surface area contributed by atoms with Crippen molar-refractivity contribution < 1.29 is 14.3 Å². The molecule has 25 heavy (non-hydrogen) atoms. The largest absolute Gasteiger partial charge is 0.444 e. The van der Waals surface area contributed by atoms with Crippen LogP contribution in [0.1, 0.15) is 45.1 Å². The quantitative estimate of drug-likeness (QED) is 0.785. The number of amides is 2. The summed E-state index contributed by atoms with van der Waals surface area (Å²) in [5.74, 6) is 0.165. The first-order valence-electron chi connectivity index (χ1n) is 8.86. The Bertz CT molecular complexity index is 656. The third kappa shape index (κ3) is 3.34. The van der Waals surface area contributed by atoms with Crippen molar-refractivity contribution in [2.24, 2.45) is 5.41 Å². The predicted molar refractivity (Wildman–Crippen MR) is 94.1 cm³/mol. The number of piperidine rings is 1. The lowest BCUT2D eigenvalue weighted by atomic mass is 9.69. The van der Waals surface area contributed by atoms with Gasteiger partial charge in [-0.2, -0.15) is 0 Å². The molecule has 1 spiro atoms. The monoisotopic (exact) mass is 345 g/mol.